The predicted molar refractivity (Wildman–Crippen MR) is 243 cm³/mol. The van der Waals surface area contributed by atoms with Crippen LogP contribution in [0.15, 0.2) is 179 Å². The molecule has 0 unspecified atom stereocenters. The van der Waals surface area contributed by atoms with Crippen molar-refractivity contribution in [1.29, 1.82) is 0 Å². The van der Waals surface area contributed by atoms with Gasteiger partial charge in [0, 0.05) is 43.3 Å². The number of benzene rings is 9. The third-order valence-electron chi connectivity index (χ3n) is 12.9. The first kappa shape index (κ1) is 32.5. The van der Waals surface area contributed by atoms with Gasteiger partial charge >= 0.3 is 0 Å². The Bertz CT molecular complexity index is 3650. The Labute approximate surface area is 339 Å². The van der Waals surface area contributed by atoms with Gasteiger partial charge in [0.1, 0.15) is 22.3 Å². The summed E-state index contributed by atoms with van der Waals surface area (Å²) in [6, 6.07) is 58.4. The van der Waals surface area contributed by atoms with Crippen molar-refractivity contribution < 1.29 is 8.83 Å². The standard InChI is InChI=1S/C55H34N2O2/c1-55(2)45-20-10-7-15-37(45)38-24-23-31(28-46(38)55)32-25-33(47-30-56-51-41-18-5-3-13-35(41)36-14-4-6-19-42(36)52(51)57-47)27-34(26-32)50-53-43(39-16-8-11-21-48(39)58-53)29-44-40-17-9-12-22-49(40)59-54(44)50/h3-30H,1-2H3. The summed E-state index contributed by atoms with van der Waals surface area (Å²) >= 11 is 0. The van der Waals surface area contributed by atoms with E-state index in [1.54, 1.807) is 0 Å². The summed E-state index contributed by atoms with van der Waals surface area (Å²) in [6.45, 7) is 4.67. The number of hydrogen-bond acceptors (Lipinski definition) is 4. The summed E-state index contributed by atoms with van der Waals surface area (Å²) in [7, 11) is 0. The fourth-order valence-electron chi connectivity index (χ4n) is 10.0. The van der Waals surface area contributed by atoms with E-state index in [1.165, 1.54) is 33.0 Å². The van der Waals surface area contributed by atoms with Gasteiger partial charge in [-0.25, -0.2) is 4.98 Å². The Kier molecular flexibility index (Phi) is 6.48. The Hall–Kier alpha value is -7.56. The maximum absolute atomic E-state index is 6.82. The van der Waals surface area contributed by atoms with Gasteiger partial charge in [0.2, 0.25) is 0 Å². The van der Waals surface area contributed by atoms with Crippen molar-refractivity contribution in [2.24, 2.45) is 0 Å². The molecule has 0 aliphatic heterocycles. The lowest BCUT2D eigenvalue weighted by Gasteiger charge is -2.22. The van der Waals surface area contributed by atoms with Crippen molar-refractivity contribution in [3.8, 4) is 44.6 Å². The van der Waals surface area contributed by atoms with Gasteiger partial charge < -0.3 is 8.83 Å². The topological polar surface area (TPSA) is 52.1 Å². The van der Waals surface area contributed by atoms with Crippen LogP contribution in [0.25, 0.3) is 121 Å². The Morgan fingerprint density at radius 3 is 1.64 bits per heavy atom. The molecule has 13 rings (SSSR count). The van der Waals surface area contributed by atoms with Crippen LogP contribution in [0.3, 0.4) is 0 Å². The van der Waals surface area contributed by atoms with Gasteiger partial charge in [-0.15, -0.1) is 0 Å². The molecule has 4 heteroatoms. The third-order valence-corrected chi connectivity index (χ3v) is 12.9. The normalized spacial score (nSPS) is 13.4. The zero-order valence-electron chi connectivity index (χ0n) is 32.4. The minimum atomic E-state index is -0.143. The van der Waals surface area contributed by atoms with E-state index in [1.807, 2.05) is 30.5 Å². The molecule has 0 bridgehead atoms. The third kappa shape index (κ3) is 4.54. The quantitative estimate of drug-likeness (QED) is 0.169. The number of fused-ring (bicyclic) bond motifs is 15. The van der Waals surface area contributed by atoms with Crippen LogP contribution in [-0.2, 0) is 5.41 Å². The van der Waals surface area contributed by atoms with Crippen molar-refractivity contribution in [3.05, 3.63) is 181 Å². The molecule has 59 heavy (non-hydrogen) atoms. The van der Waals surface area contributed by atoms with E-state index in [0.29, 0.717) is 0 Å². The molecule has 0 saturated heterocycles. The van der Waals surface area contributed by atoms with E-state index in [9.17, 15) is 0 Å². The largest absolute Gasteiger partial charge is 0.455 e. The Morgan fingerprint density at radius 2 is 0.949 bits per heavy atom. The number of hydrogen-bond donors (Lipinski definition) is 0. The van der Waals surface area contributed by atoms with Crippen LogP contribution in [0.2, 0.25) is 0 Å². The number of furan rings is 2. The second-order valence-corrected chi connectivity index (χ2v) is 16.5. The van der Waals surface area contributed by atoms with Gasteiger partial charge in [-0.05, 0) is 92.2 Å². The monoisotopic (exact) mass is 754 g/mol. The number of rotatable bonds is 3. The summed E-state index contributed by atoms with van der Waals surface area (Å²) in [5.41, 5.74) is 16.1. The highest BCUT2D eigenvalue weighted by Crippen LogP contribution is 2.51. The van der Waals surface area contributed by atoms with Crippen LogP contribution in [-0.4, -0.2) is 9.97 Å². The SMILES string of the molecule is CC1(C)c2ccccc2-c2ccc(-c3cc(-c4cnc5c6ccccc6c6ccccc6c5n4)cc(-c4c5oc6ccccc6c5cc5c4oc4ccccc45)c3)cc21. The molecule has 3 heterocycles. The second-order valence-electron chi connectivity index (χ2n) is 16.5. The molecule has 0 radical (unpaired) electrons. The molecule has 0 saturated carbocycles. The highest BCUT2D eigenvalue weighted by molar-refractivity contribution is 6.24. The highest BCUT2D eigenvalue weighted by Gasteiger charge is 2.35. The average molecular weight is 755 g/mol. The first-order valence-electron chi connectivity index (χ1n) is 20.2. The molecule has 276 valence electrons. The molecule has 1 aliphatic rings. The molecular weight excluding hydrogens is 721 g/mol. The van der Waals surface area contributed by atoms with Gasteiger partial charge in [-0.2, -0.15) is 0 Å². The van der Waals surface area contributed by atoms with Crippen molar-refractivity contribution in [2.75, 3.05) is 0 Å². The first-order valence-corrected chi connectivity index (χ1v) is 20.2. The van der Waals surface area contributed by atoms with Crippen molar-refractivity contribution in [2.45, 2.75) is 19.3 Å². The van der Waals surface area contributed by atoms with E-state index in [4.69, 9.17) is 18.8 Å². The summed E-state index contributed by atoms with van der Waals surface area (Å²) < 4.78 is 13.6. The summed E-state index contributed by atoms with van der Waals surface area (Å²) in [5, 5.41) is 8.80. The molecule has 12 aromatic rings. The van der Waals surface area contributed by atoms with E-state index in [2.05, 4.69) is 153 Å². The lowest BCUT2D eigenvalue weighted by atomic mass is 9.81. The molecule has 0 atom stereocenters. The molecule has 0 fully saturated rings. The molecule has 3 aromatic heterocycles. The first-order chi connectivity index (χ1) is 29.0. The van der Waals surface area contributed by atoms with E-state index in [-0.39, 0.29) is 5.41 Å². The van der Waals surface area contributed by atoms with Crippen LogP contribution >= 0.6 is 0 Å². The maximum Gasteiger partial charge on any atom is 0.147 e. The molecule has 1 aliphatic carbocycles. The van der Waals surface area contributed by atoms with E-state index < -0.39 is 0 Å². The lowest BCUT2D eigenvalue weighted by Crippen LogP contribution is -2.14. The molecular formula is C55H34N2O2. The van der Waals surface area contributed by atoms with Crippen molar-refractivity contribution in [1.82, 2.24) is 9.97 Å². The van der Waals surface area contributed by atoms with Crippen LogP contribution in [0.4, 0.5) is 0 Å². The Morgan fingerprint density at radius 1 is 0.407 bits per heavy atom. The lowest BCUT2D eigenvalue weighted by molar-refractivity contribution is 0.658. The minimum Gasteiger partial charge on any atom is -0.455 e. The molecule has 9 aromatic carbocycles. The number of aromatic nitrogens is 2. The minimum absolute atomic E-state index is 0.143. The van der Waals surface area contributed by atoms with E-state index >= 15 is 0 Å². The molecule has 0 amide bonds. The predicted octanol–water partition coefficient (Wildman–Crippen LogP) is 15.0. The second kappa shape index (κ2) is 11.7. The van der Waals surface area contributed by atoms with Gasteiger partial charge in [0.25, 0.3) is 0 Å². The van der Waals surface area contributed by atoms with Gasteiger partial charge in [-0.3, -0.25) is 4.98 Å². The van der Waals surface area contributed by atoms with Gasteiger partial charge in [-0.1, -0.05) is 135 Å². The summed E-state index contributed by atoms with van der Waals surface area (Å²) in [4.78, 5) is 10.7. The van der Waals surface area contributed by atoms with Crippen molar-refractivity contribution >= 4 is 76.5 Å². The van der Waals surface area contributed by atoms with Crippen LogP contribution in [0, 0.1) is 0 Å². The van der Waals surface area contributed by atoms with Crippen LogP contribution in [0.5, 0.6) is 0 Å². The number of para-hydroxylation sites is 2. The molecule has 0 spiro atoms. The molecule has 0 N–H and O–H groups in total. The fourth-order valence-corrected chi connectivity index (χ4v) is 10.0. The fraction of sp³-hybridized carbons (Fsp3) is 0.0545. The maximum atomic E-state index is 6.82. The Balaban J connectivity index is 1.12. The highest BCUT2D eigenvalue weighted by atomic mass is 16.3. The molecule has 4 nitrogen and oxygen atoms in total. The van der Waals surface area contributed by atoms with Crippen LogP contribution < -0.4 is 0 Å². The number of nitrogens with zero attached hydrogens (tertiary/aromatic N) is 2. The van der Waals surface area contributed by atoms with Gasteiger partial charge in [0.15, 0.2) is 0 Å². The average Bonchev–Trinajstić information content (AvgIpc) is 3.92. The zero-order valence-corrected chi connectivity index (χ0v) is 32.4. The summed E-state index contributed by atoms with van der Waals surface area (Å²) in [5.74, 6) is 0. The van der Waals surface area contributed by atoms with E-state index in [0.717, 1.165) is 99.2 Å². The van der Waals surface area contributed by atoms with Gasteiger partial charge in [0.05, 0.1) is 28.5 Å². The smallest absolute Gasteiger partial charge is 0.147 e. The van der Waals surface area contributed by atoms with Crippen LogP contribution in [0.1, 0.15) is 25.0 Å². The van der Waals surface area contributed by atoms with Crippen molar-refractivity contribution in [3.63, 3.8) is 0 Å². The zero-order chi connectivity index (χ0) is 39.0. The summed E-state index contributed by atoms with van der Waals surface area (Å²) in [6.07, 6.45) is 1.94.